The predicted molar refractivity (Wildman–Crippen MR) is 78.5 cm³/mol. The smallest absolute Gasteiger partial charge is 0.315 e. The maximum absolute atomic E-state index is 11.7. The minimum atomic E-state index is -0.224. The zero-order valence-corrected chi connectivity index (χ0v) is 12.3. The van der Waals surface area contributed by atoms with Gasteiger partial charge in [-0.1, -0.05) is 6.07 Å². The number of fused-ring (bicyclic) bond motifs is 1. The van der Waals surface area contributed by atoms with Crippen molar-refractivity contribution in [2.45, 2.75) is 20.0 Å². The van der Waals surface area contributed by atoms with Gasteiger partial charge in [-0.2, -0.15) is 0 Å². The van der Waals surface area contributed by atoms with Crippen molar-refractivity contribution in [3.05, 3.63) is 39.8 Å². The molecule has 1 aliphatic rings. The maximum atomic E-state index is 11.7. The van der Waals surface area contributed by atoms with E-state index in [0.717, 1.165) is 22.0 Å². The van der Waals surface area contributed by atoms with Crippen LogP contribution in [0.15, 0.2) is 23.6 Å². The molecule has 0 bridgehead atoms. The molecule has 6 nitrogen and oxygen atoms in total. The highest BCUT2D eigenvalue weighted by Crippen LogP contribution is 2.32. The molecule has 3 rings (SSSR count). The lowest BCUT2D eigenvalue weighted by Crippen LogP contribution is -2.34. The number of urea groups is 1. The van der Waals surface area contributed by atoms with Gasteiger partial charge in [-0.3, -0.25) is 0 Å². The molecular weight excluding hydrogens is 290 g/mol. The molecule has 2 aromatic rings. The van der Waals surface area contributed by atoms with Crippen LogP contribution in [0, 0.1) is 6.92 Å². The molecule has 2 N–H and O–H groups in total. The number of hydrogen-bond acceptors (Lipinski definition) is 5. The molecule has 0 saturated heterocycles. The Hall–Kier alpha value is -2.28. The maximum Gasteiger partial charge on any atom is 0.315 e. The normalized spacial score (nSPS) is 12.2. The molecule has 2 amide bonds. The molecule has 0 aliphatic carbocycles. The standard InChI is InChI=1S/C14H15N3O3S/c1-9-17-11(7-21-9)6-16-14(18)15-5-10-2-3-12-13(4-10)20-8-19-12/h2-4,7H,5-6,8H2,1H3,(H2,15,16,18). The van der Waals surface area contributed by atoms with Crippen LogP contribution < -0.4 is 20.1 Å². The van der Waals surface area contributed by atoms with Gasteiger partial charge in [0.05, 0.1) is 17.2 Å². The Bertz CT molecular complexity index is 657. The van der Waals surface area contributed by atoms with E-state index in [1.54, 1.807) is 11.3 Å². The monoisotopic (exact) mass is 305 g/mol. The number of amides is 2. The number of rotatable bonds is 4. The minimum absolute atomic E-state index is 0.224. The fraction of sp³-hybridized carbons (Fsp3) is 0.286. The van der Waals surface area contributed by atoms with Crippen LogP contribution in [-0.2, 0) is 13.1 Å². The largest absolute Gasteiger partial charge is 0.454 e. The van der Waals surface area contributed by atoms with Crippen LogP contribution in [0.1, 0.15) is 16.3 Å². The van der Waals surface area contributed by atoms with Gasteiger partial charge in [0.15, 0.2) is 11.5 Å². The SMILES string of the molecule is Cc1nc(CNC(=O)NCc2ccc3c(c2)OCO3)cs1. The lowest BCUT2D eigenvalue weighted by Gasteiger charge is -2.07. The van der Waals surface area contributed by atoms with Crippen molar-refractivity contribution in [1.29, 1.82) is 0 Å². The summed E-state index contributed by atoms with van der Waals surface area (Å²) in [4.78, 5) is 16.0. The molecular formula is C14H15N3O3S. The molecule has 1 aromatic carbocycles. The van der Waals surface area contributed by atoms with Gasteiger partial charge in [-0.15, -0.1) is 11.3 Å². The summed E-state index contributed by atoms with van der Waals surface area (Å²) in [5.41, 5.74) is 1.83. The van der Waals surface area contributed by atoms with Gasteiger partial charge in [-0.05, 0) is 24.6 Å². The molecule has 0 spiro atoms. The Morgan fingerprint density at radius 3 is 2.90 bits per heavy atom. The molecule has 21 heavy (non-hydrogen) atoms. The number of aromatic nitrogens is 1. The first-order chi connectivity index (χ1) is 10.2. The van der Waals surface area contributed by atoms with E-state index in [1.165, 1.54) is 0 Å². The Kier molecular flexibility index (Phi) is 3.92. The van der Waals surface area contributed by atoms with E-state index in [0.29, 0.717) is 18.8 Å². The zero-order chi connectivity index (χ0) is 14.7. The van der Waals surface area contributed by atoms with Crippen LogP contribution in [0.4, 0.5) is 4.79 Å². The molecule has 0 unspecified atom stereocenters. The first kappa shape index (κ1) is 13.7. The van der Waals surface area contributed by atoms with Crippen molar-refractivity contribution < 1.29 is 14.3 Å². The average molecular weight is 305 g/mol. The van der Waals surface area contributed by atoms with E-state index in [-0.39, 0.29) is 12.8 Å². The molecule has 2 heterocycles. The quantitative estimate of drug-likeness (QED) is 0.908. The van der Waals surface area contributed by atoms with E-state index in [2.05, 4.69) is 15.6 Å². The summed E-state index contributed by atoms with van der Waals surface area (Å²) in [6, 6.07) is 5.39. The van der Waals surface area contributed by atoms with Crippen LogP contribution >= 0.6 is 11.3 Å². The number of thiazole rings is 1. The van der Waals surface area contributed by atoms with Gasteiger partial charge in [0.25, 0.3) is 0 Å². The van der Waals surface area contributed by atoms with Crippen LogP contribution in [0.2, 0.25) is 0 Å². The molecule has 0 atom stereocenters. The van der Waals surface area contributed by atoms with Gasteiger partial charge < -0.3 is 20.1 Å². The summed E-state index contributed by atoms with van der Waals surface area (Å²) >= 11 is 1.57. The first-order valence-electron chi connectivity index (χ1n) is 6.52. The second-order valence-corrected chi connectivity index (χ2v) is 5.64. The number of ether oxygens (including phenoxy) is 2. The first-order valence-corrected chi connectivity index (χ1v) is 7.40. The Balaban J connectivity index is 1.47. The minimum Gasteiger partial charge on any atom is -0.454 e. The van der Waals surface area contributed by atoms with E-state index in [1.807, 2.05) is 30.5 Å². The molecule has 1 aliphatic heterocycles. The van der Waals surface area contributed by atoms with Crippen molar-refractivity contribution in [2.75, 3.05) is 6.79 Å². The predicted octanol–water partition coefficient (Wildman–Crippen LogP) is 2.18. The lowest BCUT2D eigenvalue weighted by atomic mass is 10.2. The summed E-state index contributed by atoms with van der Waals surface area (Å²) in [5.74, 6) is 1.45. The van der Waals surface area contributed by atoms with E-state index in [9.17, 15) is 4.79 Å². The van der Waals surface area contributed by atoms with Gasteiger partial charge in [0.1, 0.15) is 0 Å². The van der Waals surface area contributed by atoms with Crippen molar-refractivity contribution in [2.24, 2.45) is 0 Å². The van der Waals surface area contributed by atoms with Crippen LogP contribution in [-0.4, -0.2) is 17.8 Å². The highest BCUT2D eigenvalue weighted by atomic mass is 32.1. The summed E-state index contributed by atoms with van der Waals surface area (Å²) in [6.45, 7) is 3.05. The summed E-state index contributed by atoms with van der Waals surface area (Å²) < 4.78 is 10.5. The molecule has 0 saturated carbocycles. The summed E-state index contributed by atoms with van der Waals surface area (Å²) in [7, 11) is 0. The molecule has 110 valence electrons. The second-order valence-electron chi connectivity index (χ2n) is 4.58. The highest BCUT2D eigenvalue weighted by Gasteiger charge is 2.13. The topological polar surface area (TPSA) is 72.5 Å². The molecule has 1 aromatic heterocycles. The third kappa shape index (κ3) is 3.43. The number of aryl methyl sites for hydroxylation is 1. The van der Waals surface area contributed by atoms with Crippen LogP contribution in [0.5, 0.6) is 11.5 Å². The van der Waals surface area contributed by atoms with Gasteiger partial charge in [0, 0.05) is 11.9 Å². The van der Waals surface area contributed by atoms with E-state index < -0.39 is 0 Å². The van der Waals surface area contributed by atoms with Crippen molar-refractivity contribution in [3.63, 3.8) is 0 Å². The van der Waals surface area contributed by atoms with Crippen LogP contribution in [0.25, 0.3) is 0 Å². The number of carbonyl (C=O) groups is 1. The van der Waals surface area contributed by atoms with E-state index >= 15 is 0 Å². The van der Waals surface area contributed by atoms with Gasteiger partial charge >= 0.3 is 6.03 Å². The Morgan fingerprint density at radius 2 is 2.10 bits per heavy atom. The Labute approximate surface area is 126 Å². The number of nitrogens with one attached hydrogen (secondary N) is 2. The number of nitrogens with zero attached hydrogens (tertiary/aromatic N) is 1. The zero-order valence-electron chi connectivity index (χ0n) is 11.5. The molecule has 7 heteroatoms. The third-order valence-electron chi connectivity index (χ3n) is 2.99. The Morgan fingerprint density at radius 1 is 1.29 bits per heavy atom. The second kappa shape index (κ2) is 6.01. The summed E-state index contributed by atoms with van der Waals surface area (Å²) in [6.07, 6.45) is 0. The van der Waals surface area contributed by atoms with Gasteiger partial charge in [-0.25, -0.2) is 9.78 Å². The average Bonchev–Trinajstić information content (AvgIpc) is 3.10. The van der Waals surface area contributed by atoms with E-state index in [4.69, 9.17) is 9.47 Å². The lowest BCUT2D eigenvalue weighted by molar-refractivity contribution is 0.174. The highest BCUT2D eigenvalue weighted by molar-refractivity contribution is 7.09. The molecule has 0 radical (unpaired) electrons. The summed E-state index contributed by atoms with van der Waals surface area (Å²) in [5, 5.41) is 8.50. The van der Waals surface area contributed by atoms with Crippen molar-refractivity contribution >= 4 is 17.4 Å². The van der Waals surface area contributed by atoms with Gasteiger partial charge in [0.2, 0.25) is 6.79 Å². The van der Waals surface area contributed by atoms with Crippen molar-refractivity contribution in [1.82, 2.24) is 15.6 Å². The number of benzene rings is 1. The van der Waals surface area contributed by atoms with Crippen LogP contribution in [0.3, 0.4) is 0 Å². The fourth-order valence-corrected chi connectivity index (χ4v) is 2.57. The molecule has 0 fully saturated rings. The third-order valence-corrected chi connectivity index (χ3v) is 3.81. The number of carbonyl (C=O) groups excluding carboxylic acids is 1. The fourth-order valence-electron chi connectivity index (χ4n) is 1.96. The van der Waals surface area contributed by atoms with Crippen molar-refractivity contribution in [3.8, 4) is 11.5 Å². The number of hydrogen-bond donors (Lipinski definition) is 2.